The van der Waals surface area contributed by atoms with Gasteiger partial charge in [0.25, 0.3) is 0 Å². The zero-order chi connectivity index (χ0) is 10.9. The van der Waals surface area contributed by atoms with Gasteiger partial charge in [-0.25, -0.2) is 0 Å². The third-order valence-electron chi connectivity index (χ3n) is 2.89. The molecule has 0 saturated carbocycles. The molecule has 3 unspecified atom stereocenters. The van der Waals surface area contributed by atoms with E-state index in [1.807, 2.05) is 25.7 Å². The average Bonchev–Trinajstić information content (AvgIpc) is 2.47. The maximum Gasteiger partial charge on any atom is 0.123 e. The molecule has 14 heavy (non-hydrogen) atoms. The SMILES string of the molecule is CC(C)(C)C(N)C(O)N1CCC(O)C1. The molecule has 1 aliphatic rings. The highest BCUT2D eigenvalue weighted by Crippen LogP contribution is 2.23. The Kier molecular flexibility index (Phi) is 3.53. The van der Waals surface area contributed by atoms with Gasteiger partial charge in [0, 0.05) is 19.1 Å². The van der Waals surface area contributed by atoms with Crippen molar-refractivity contribution in [2.24, 2.45) is 11.1 Å². The first-order valence-corrected chi connectivity index (χ1v) is 5.18. The molecule has 1 fully saturated rings. The number of β-amino-alcohol motifs (C(OH)–C–C–N with tert-alkyl or cyclic N) is 1. The van der Waals surface area contributed by atoms with E-state index >= 15 is 0 Å². The molecule has 0 spiro atoms. The summed E-state index contributed by atoms with van der Waals surface area (Å²) >= 11 is 0. The van der Waals surface area contributed by atoms with Crippen LogP contribution in [0, 0.1) is 5.41 Å². The van der Waals surface area contributed by atoms with E-state index in [2.05, 4.69) is 0 Å². The van der Waals surface area contributed by atoms with Crippen LogP contribution in [-0.2, 0) is 0 Å². The monoisotopic (exact) mass is 202 g/mol. The molecule has 0 aromatic carbocycles. The predicted molar refractivity (Wildman–Crippen MR) is 55.6 cm³/mol. The Morgan fingerprint density at radius 1 is 1.43 bits per heavy atom. The van der Waals surface area contributed by atoms with Crippen molar-refractivity contribution in [2.75, 3.05) is 13.1 Å². The van der Waals surface area contributed by atoms with Crippen molar-refractivity contribution in [2.45, 2.75) is 45.6 Å². The van der Waals surface area contributed by atoms with E-state index in [-0.39, 0.29) is 17.6 Å². The average molecular weight is 202 g/mol. The van der Waals surface area contributed by atoms with Gasteiger partial charge in [0.15, 0.2) is 0 Å². The quantitative estimate of drug-likeness (QED) is 0.577. The predicted octanol–water partition coefficient (Wildman–Crippen LogP) is -0.255. The number of nitrogens with two attached hydrogens (primary N) is 1. The molecule has 84 valence electrons. The largest absolute Gasteiger partial charge is 0.392 e. The summed E-state index contributed by atoms with van der Waals surface area (Å²) in [5, 5.41) is 19.3. The lowest BCUT2D eigenvalue weighted by atomic mass is 9.86. The molecule has 0 radical (unpaired) electrons. The van der Waals surface area contributed by atoms with Crippen molar-refractivity contribution in [3.63, 3.8) is 0 Å². The fourth-order valence-corrected chi connectivity index (χ4v) is 1.68. The van der Waals surface area contributed by atoms with Gasteiger partial charge < -0.3 is 15.9 Å². The fourth-order valence-electron chi connectivity index (χ4n) is 1.68. The second kappa shape index (κ2) is 4.14. The molecule has 1 heterocycles. The molecule has 1 saturated heterocycles. The summed E-state index contributed by atoms with van der Waals surface area (Å²) in [6, 6.07) is -0.284. The molecule has 4 N–H and O–H groups in total. The zero-order valence-electron chi connectivity index (χ0n) is 9.27. The highest BCUT2D eigenvalue weighted by molar-refractivity contribution is 4.87. The van der Waals surface area contributed by atoms with Gasteiger partial charge in [0.1, 0.15) is 6.23 Å². The van der Waals surface area contributed by atoms with Gasteiger partial charge in [0.05, 0.1) is 6.10 Å². The van der Waals surface area contributed by atoms with Crippen molar-refractivity contribution in [1.82, 2.24) is 4.90 Å². The van der Waals surface area contributed by atoms with E-state index in [0.29, 0.717) is 6.54 Å². The van der Waals surface area contributed by atoms with Crippen molar-refractivity contribution in [3.05, 3.63) is 0 Å². The molecule has 0 amide bonds. The maximum atomic E-state index is 9.96. The number of aliphatic hydroxyl groups excluding tert-OH is 2. The van der Waals surface area contributed by atoms with E-state index < -0.39 is 6.23 Å². The summed E-state index contributed by atoms with van der Waals surface area (Å²) in [5.74, 6) is 0. The van der Waals surface area contributed by atoms with Gasteiger partial charge in [-0.3, -0.25) is 4.90 Å². The zero-order valence-corrected chi connectivity index (χ0v) is 9.27. The van der Waals surface area contributed by atoms with Crippen LogP contribution < -0.4 is 5.73 Å². The lowest BCUT2D eigenvalue weighted by Crippen LogP contribution is -2.53. The van der Waals surface area contributed by atoms with E-state index in [0.717, 1.165) is 13.0 Å². The van der Waals surface area contributed by atoms with Gasteiger partial charge in [0.2, 0.25) is 0 Å². The lowest BCUT2D eigenvalue weighted by Gasteiger charge is -2.35. The van der Waals surface area contributed by atoms with Crippen LogP contribution in [0.2, 0.25) is 0 Å². The number of likely N-dealkylation sites (tertiary alicyclic amines) is 1. The number of aliphatic hydroxyl groups is 2. The molecule has 3 atom stereocenters. The smallest absolute Gasteiger partial charge is 0.123 e. The Hall–Kier alpha value is -0.160. The minimum Gasteiger partial charge on any atom is -0.392 e. The van der Waals surface area contributed by atoms with Crippen LogP contribution in [0.1, 0.15) is 27.2 Å². The van der Waals surface area contributed by atoms with Crippen LogP contribution in [0.4, 0.5) is 0 Å². The van der Waals surface area contributed by atoms with Crippen LogP contribution in [-0.4, -0.2) is 46.6 Å². The molecular formula is C10H22N2O2. The van der Waals surface area contributed by atoms with E-state index in [9.17, 15) is 10.2 Å². The normalized spacial score (nSPS) is 29.1. The molecule has 0 aromatic rings. The number of rotatable bonds is 2. The summed E-state index contributed by atoms with van der Waals surface area (Å²) in [7, 11) is 0. The van der Waals surface area contributed by atoms with E-state index in [4.69, 9.17) is 5.73 Å². The van der Waals surface area contributed by atoms with Crippen molar-refractivity contribution in [3.8, 4) is 0 Å². The summed E-state index contributed by atoms with van der Waals surface area (Å²) in [6.45, 7) is 7.28. The second-order valence-corrected chi connectivity index (χ2v) is 5.24. The minimum absolute atomic E-state index is 0.118. The van der Waals surface area contributed by atoms with E-state index in [1.54, 1.807) is 0 Å². The van der Waals surface area contributed by atoms with E-state index in [1.165, 1.54) is 0 Å². The Labute approximate surface area is 85.7 Å². The van der Waals surface area contributed by atoms with Gasteiger partial charge in [-0.2, -0.15) is 0 Å². The van der Waals surface area contributed by atoms with Crippen molar-refractivity contribution < 1.29 is 10.2 Å². The highest BCUT2D eigenvalue weighted by atomic mass is 16.3. The lowest BCUT2D eigenvalue weighted by molar-refractivity contribution is -0.0328. The molecule has 1 rings (SSSR count). The third kappa shape index (κ3) is 2.67. The molecule has 1 aliphatic heterocycles. The van der Waals surface area contributed by atoms with Crippen molar-refractivity contribution in [1.29, 1.82) is 0 Å². The molecule has 0 bridgehead atoms. The van der Waals surface area contributed by atoms with Gasteiger partial charge >= 0.3 is 0 Å². The first kappa shape index (κ1) is 11.9. The molecular weight excluding hydrogens is 180 g/mol. The topological polar surface area (TPSA) is 69.7 Å². The molecule has 0 aliphatic carbocycles. The van der Waals surface area contributed by atoms with Gasteiger partial charge in [-0.05, 0) is 11.8 Å². The second-order valence-electron chi connectivity index (χ2n) is 5.24. The first-order valence-electron chi connectivity index (χ1n) is 5.18. The number of hydrogen-bond acceptors (Lipinski definition) is 4. The van der Waals surface area contributed by atoms with Crippen LogP contribution in [0.25, 0.3) is 0 Å². The summed E-state index contributed by atoms with van der Waals surface area (Å²) in [5.41, 5.74) is 5.83. The maximum absolute atomic E-state index is 9.96. The highest BCUT2D eigenvalue weighted by Gasteiger charge is 2.34. The van der Waals surface area contributed by atoms with Crippen molar-refractivity contribution >= 4 is 0 Å². The summed E-state index contributed by atoms with van der Waals surface area (Å²) < 4.78 is 0. The van der Waals surface area contributed by atoms with Crippen LogP contribution in [0.5, 0.6) is 0 Å². The van der Waals surface area contributed by atoms with Crippen LogP contribution in [0.3, 0.4) is 0 Å². The molecule has 4 heteroatoms. The summed E-state index contributed by atoms with van der Waals surface area (Å²) in [4.78, 5) is 1.85. The first-order chi connectivity index (χ1) is 6.32. The Bertz CT molecular complexity index is 191. The molecule has 4 nitrogen and oxygen atoms in total. The molecule has 0 aromatic heterocycles. The summed E-state index contributed by atoms with van der Waals surface area (Å²) in [6.07, 6.45) is -0.225. The Morgan fingerprint density at radius 2 is 2.00 bits per heavy atom. The third-order valence-corrected chi connectivity index (χ3v) is 2.89. The van der Waals surface area contributed by atoms with Gasteiger partial charge in [-0.1, -0.05) is 20.8 Å². The standard InChI is InChI=1S/C10H22N2O2/c1-10(2,3)8(11)9(14)12-5-4-7(13)6-12/h7-9,13-14H,4-6,11H2,1-3H3. The minimum atomic E-state index is -0.646. The van der Waals surface area contributed by atoms with Crippen LogP contribution in [0.15, 0.2) is 0 Å². The Morgan fingerprint density at radius 3 is 2.36 bits per heavy atom. The fraction of sp³-hybridized carbons (Fsp3) is 1.00. The van der Waals surface area contributed by atoms with Crippen LogP contribution >= 0.6 is 0 Å². The Balaban J connectivity index is 2.52. The number of hydrogen-bond donors (Lipinski definition) is 3. The van der Waals surface area contributed by atoms with Gasteiger partial charge in [-0.15, -0.1) is 0 Å². The number of nitrogens with zero attached hydrogens (tertiary/aromatic N) is 1.